The van der Waals surface area contributed by atoms with Crippen LogP contribution in [0.15, 0.2) is 23.1 Å². The molecule has 0 radical (unpaired) electrons. The maximum absolute atomic E-state index is 12.6. The average molecular weight is 344 g/mol. The van der Waals surface area contributed by atoms with Crippen molar-refractivity contribution in [1.29, 1.82) is 0 Å². The van der Waals surface area contributed by atoms with Gasteiger partial charge in [-0.2, -0.15) is 11.8 Å². The van der Waals surface area contributed by atoms with E-state index >= 15 is 0 Å². The first-order chi connectivity index (χ1) is 11.6. The Morgan fingerprint density at radius 1 is 1.25 bits per heavy atom. The van der Waals surface area contributed by atoms with Crippen LogP contribution in [-0.2, 0) is 0 Å². The van der Waals surface area contributed by atoms with Gasteiger partial charge < -0.3 is 14.6 Å². The summed E-state index contributed by atoms with van der Waals surface area (Å²) in [7, 11) is 0. The highest BCUT2D eigenvalue weighted by molar-refractivity contribution is 7.99. The Morgan fingerprint density at radius 2 is 1.96 bits per heavy atom. The Balaban J connectivity index is 1.97. The summed E-state index contributed by atoms with van der Waals surface area (Å²) in [5, 5.41) is 9.88. The molecule has 2 aromatic rings. The van der Waals surface area contributed by atoms with Gasteiger partial charge in [0.25, 0.3) is 0 Å². The number of nitrogens with zero attached hydrogens (tertiary/aromatic N) is 2. The molecule has 2 heterocycles. The molecule has 1 aliphatic heterocycles. The summed E-state index contributed by atoms with van der Waals surface area (Å²) in [4.78, 5) is 26.4. The number of carbonyl (C=O) groups is 1. The van der Waals surface area contributed by atoms with Crippen LogP contribution in [-0.4, -0.2) is 40.2 Å². The molecule has 1 aromatic carbocycles. The first-order valence-corrected chi connectivity index (χ1v) is 9.48. The third-order valence-corrected chi connectivity index (χ3v) is 5.88. The largest absolute Gasteiger partial charge is 0.477 e. The van der Waals surface area contributed by atoms with Crippen LogP contribution in [0.2, 0.25) is 0 Å². The van der Waals surface area contributed by atoms with Crippen LogP contribution < -0.4 is 10.3 Å². The Kier molecular flexibility index (Phi) is 3.79. The molecular formula is C18H20N2O3S. The van der Waals surface area contributed by atoms with E-state index in [0.717, 1.165) is 48.5 Å². The predicted molar refractivity (Wildman–Crippen MR) is 97.7 cm³/mol. The van der Waals surface area contributed by atoms with Crippen molar-refractivity contribution in [3.8, 4) is 0 Å². The van der Waals surface area contributed by atoms with Gasteiger partial charge in [0.15, 0.2) is 0 Å². The highest BCUT2D eigenvalue weighted by Gasteiger charge is 2.28. The van der Waals surface area contributed by atoms with E-state index in [-0.39, 0.29) is 11.0 Å². The van der Waals surface area contributed by atoms with Gasteiger partial charge in [0.1, 0.15) is 5.56 Å². The lowest BCUT2D eigenvalue weighted by atomic mass is 10.0. The van der Waals surface area contributed by atoms with Gasteiger partial charge in [-0.1, -0.05) is 0 Å². The van der Waals surface area contributed by atoms with Crippen LogP contribution >= 0.6 is 11.8 Å². The zero-order valence-electron chi connectivity index (χ0n) is 13.6. The zero-order valence-corrected chi connectivity index (χ0v) is 14.4. The Morgan fingerprint density at radius 3 is 2.58 bits per heavy atom. The number of aromatic carboxylic acids is 1. The number of carboxylic acid groups (broad SMARTS) is 1. The van der Waals surface area contributed by atoms with Gasteiger partial charge in [-0.15, -0.1) is 0 Å². The zero-order chi connectivity index (χ0) is 16.8. The quantitative estimate of drug-likeness (QED) is 0.928. The molecule has 0 bridgehead atoms. The summed E-state index contributed by atoms with van der Waals surface area (Å²) in [5.74, 6) is 1.08. The predicted octanol–water partition coefficient (Wildman–Crippen LogP) is 2.90. The third-order valence-electron chi connectivity index (χ3n) is 4.94. The van der Waals surface area contributed by atoms with Crippen LogP contribution in [0.3, 0.4) is 0 Å². The van der Waals surface area contributed by atoms with Crippen molar-refractivity contribution >= 4 is 34.3 Å². The molecule has 2 aliphatic rings. The summed E-state index contributed by atoms with van der Waals surface area (Å²) in [6.45, 7) is 4.08. The van der Waals surface area contributed by atoms with Gasteiger partial charge in [0.05, 0.1) is 5.52 Å². The van der Waals surface area contributed by atoms with Crippen LogP contribution in [0.4, 0.5) is 5.69 Å². The standard InChI is InChI=1S/C18H20N2O3S/c1-11-15(19-6-8-24-9-7-19)5-4-13-16(11)20(12-2-3-12)10-14(17(13)21)18(22)23/h4-5,10,12H,2-3,6-9H2,1H3,(H,22,23). The SMILES string of the molecule is Cc1c(N2CCSCC2)ccc2c(=O)c(C(=O)O)cn(C3CC3)c12. The van der Waals surface area contributed by atoms with Crippen LogP contribution in [0.1, 0.15) is 34.8 Å². The van der Waals surface area contributed by atoms with Gasteiger partial charge in [0, 0.05) is 47.9 Å². The molecule has 1 N–H and O–H groups in total. The number of fused-ring (bicyclic) bond motifs is 1. The molecule has 1 aromatic heterocycles. The van der Waals surface area contributed by atoms with Crippen molar-refractivity contribution in [3.05, 3.63) is 39.7 Å². The Hall–Kier alpha value is -1.95. The van der Waals surface area contributed by atoms with Crippen molar-refractivity contribution in [2.75, 3.05) is 29.5 Å². The second kappa shape index (κ2) is 5.84. The fourth-order valence-corrected chi connectivity index (χ4v) is 4.46. The first-order valence-electron chi connectivity index (χ1n) is 8.32. The molecule has 5 nitrogen and oxygen atoms in total. The maximum atomic E-state index is 12.6. The monoisotopic (exact) mass is 344 g/mol. The first kappa shape index (κ1) is 15.6. The van der Waals surface area contributed by atoms with Crippen molar-refractivity contribution < 1.29 is 9.90 Å². The van der Waals surface area contributed by atoms with Crippen molar-refractivity contribution in [2.24, 2.45) is 0 Å². The Bertz CT molecular complexity index is 880. The Labute approximate surface area is 144 Å². The minimum atomic E-state index is -1.15. The molecule has 0 spiro atoms. The highest BCUT2D eigenvalue weighted by Crippen LogP contribution is 2.39. The lowest BCUT2D eigenvalue weighted by molar-refractivity contribution is 0.0695. The van der Waals surface area contributed by atoms with Crippen LogP contribution in [0.25, 0.3) is 10.9 Å². The molecule has 2 fully saturated rings. The van der Waals surface area contributed by atoms with Crippen LogP contribution in [0.5, 0.6) is 0 Å². The number of anilines is 1. The minimum Gasteiger partial charge on any atom is -0.477 e. The number of benzene rings is 1. The van der Waals surface area contributed by atoms with Gasteiger partial charge in [-0.3, -0.25) is 4.79 Å². The van der Waals surface area contributed by atoms with Crippen molar-refractivity contribution in [1.82, 2.24) is 4.57 Å². The van der Waals surface area contributed by atoms with Gasteiger partial charge in [-0.25, -0.2) is 4.79 Å². The normalized spacial score (nSPS) is 18.1. The number of aryl methyl sites for hydroxylation is 1. The molecule has 0 atom stereocenters. The van der Waals surface area contributed by atoms with E-state index in [2.05, 4.69) is 11.8 Å². The fourth-order valence-electron chi connectivity index (χ4n) is 3.55. The molecule has 126 valence electrons. The number of pyridine rings is 1. The van der Waals surface area contributed by atoms with Gasteiger partial charge in [0.2, 0.25) is 5.43 Å². The third kappa shape index (κ3) is 2.49. The fraction of sp³-hybridized carbons (Fsp3) is 0.444. The smallest absolute Gasteiger partial charge is 0.341 e. The number of aromatic nitrogens is 1. The topological polar surface area (TPSA) is 62.5 Å². The number of hydrogen-bond acceptors (Lipinski definition) is 4. The second-order valence-corrected chi connectivity index (χ2v) is 7.75. The number of rotatable bonds is 3. The summed E-state index contributed by atoms with van der Waals surface area (Å²) in [5.41, 5.74) is 2.65. The molecule has 6 heteroatoms. The van der Waals surface area contributed by atoms with Crippen molar-refractivity contribution in [2.45, 2.75) is 25.8 Å². The minimum absolute atomic E-state index is 0.129. The van der Waals surface area contributed by atoms with E-state index in [0.29, 0.717) is 11.4 Å². The molecule has 0 unspecified atom stereocenters. The summed E-state index contributed by atoms with van der Waals surface area (Å²) >= 11 is 1.97. The second-order valence-electron chi connectivity index (χ2n) is 6.52. The van der Waals surface area contributed by atoms with E-state index in [1.165, 1.54) is 5.69 Å². The summed E-state index contributed by atoms with van der Waals surface area (Å²) in [6, 6.07) is 4.11. The number of hydrogen-bond donors (Lipinski definition) is 1. The van der Waals surface area contributed by atoms with E-state index in [4.69, 9.17) is 0 Å². The molecular weight excluding hydrogens is 324 g/mol. The van der Waals surface area contributed by atoms with E-state index in [1.54, 1.807) is 6.20 Å². The summed E-state index contributed by atoms with van der Waals surface area (Å²) in [6.07, 6.45) is 3.63. The summed E-state index contributed by atoms with van der Waals surface area (Å²) < 4.78 is 2.03. The molecule has 1 saturated heterocycles. The van der Waals surface area contributed by atoms with Crippen molar-refractivity contribution in [3.63, 3.8) is 0 Å². The molecule has 1 aliphatic carbocycles. The molecule has 4 rings (SSSR count). The number of thioether (sulfide) groups is 1. The average Bonchev–Trinajstić information content (AvgIpc) is 3.41. The van der Waals surface area contributed by atoms with E-state index in [9.17, 15) is 14.7 Å². The van der Waals surface area contributed by atoms with E-state index in [1.807, 2.05) is 28.5 Å². The number of carboxylic acids is 1. The van der Waals surface area contributed by atoms with Crippen LogP contribution in [0, 0.1) is 6.92 Å². The maximum Gasteiger partial charge on any atom is 0.341 e. The van der Waals surface area contributed by atoms with Gasteiger partial charge >= 0.3 is 5.97 Å². The molecule has 0 amide bonds. The lowest BCUT2D eigenvalue weighted by Gasteiger charge is -2.30. The lowest BCUT2D eigenvalue weighted by Crippen LogP contribution is -2.33. The van der Waals surface area contributed by atoms with E-state index < -0.39 is 5.97 Å². The highest BCUT2D eigenvalue weighted by atomic mass is 32.2. The van der Waals surface area contributed by atoms with Gasteiger partial charge in [-0.05, 0) is 37.5 Å². The molecule has 24 heavy (non-hydrogen) atoms. The molecule has 1 saturated carbocycles.